The maximum Gasteiger partial charge on any atom is 0.337 e. The van der Waals surface area contributed by atoms with E-state index < -0.39 is 5.97 Å². The smallest absolute Gasteiger partial charge is 0.337 e. The first-order valence-corrected chi connectivity index (χ1v) is 8.61. The monoisotopic (exact) mass is 450 g/mol. The Kier molecular flexibility index (Phi) is 4.76. The number of nitrogens with one attached hydrogen (secondary N) is 1. The van der Waals surface area contributed by atoms with Crippen molar-refractivity contribution < 1.29 is 19.2 Å². The summed E-state index contributed by atoms with van der Waals surface area (Å²) in [5.41, 5.74) is 3.53. The minimum atomic E-state index is -1.09. The highest BCUT2D eigenvalue weighted by Gasteiger charge is 2.17. The Morgan fingerprint density at radius 3 is 2.72 bits per heavy atom. The topological polar surface area (TPSA) is 92.4 Å². The number of hydrogen-bond acceptors (Lipinski definition) is 4. The number of hydrogen-bond donors (Lipinski definition) is 2. The predicted molar refractivity (Wildman–Crippen MR) is 102 cm³/mol. The molecule has 0 fully saturated rings. The molecule has 25 heavy (non-hydrogen) atoms. The molecule has 2 N–H and O–H groups in total. The molecule has 0 spiro atoms. The van der Waals surface area contributed by atoms with Crippen LogP contribution in [0.1, 0.15) is 27.2 Å². The fourth-order valence-electron chi connectivity index (χ4n) is 2.79. The van der Waals surface area contributed by atoms with Crippen molar-refractivity contribution >= 4 is 51.1 Å². The molecule has 3 aromatic rings. The zero-order valence-electron chi connectivity index (χ0n) is 13.6. The number of carbonyl (C=O) groups is 2. The van der Waals surface area contributed by atoms with Crippen LogP contribution in [0.4, 0.5) is 5.69 Å². The molecule has 1 aromatic heterocycles. The molecule has 7 heteroatoms. The average Bonchev–Trinajstić information content (AvgIpc) is 2.91. The lowest BCUT2D eigenvalue weighted by molar-refractivity contribution is -0.115. The number of nitrogens with zero attached hydrogens (tertiary/aromatic N) is 1. The number of amides is 1. The number of aromatic carboxylic acids is 1. The van der Waals surface area contributed by atoms with Gasteiger partial charge in [0.1, 0.15) is 5.69 Å². The van der Waals surface area contributed by atoms with Crippen LogP contribution < -0.4 is 5.32 Å². The van der Waals surface area contributed by atoms with Gasteiger partial charge in [-0.25, -0.2) is 4.79 Å². The number of carbonyl (C=O) groups excluding carboxylic acids is 1. The van der Waals surface area contributed by atoms with Crippen molar-refractivity contribution in [3.8, 4) is 0 Å². The van der Waals surface area contributed by atoms with E-state index >= 15 is 0 Å². The van der Waals surface area contributed by atoms with Gasteiger partial charge in [-0.1, -0.05) is 11.2 Å². The Hall–Kier alpha value is -2.42. The molecule has 0 aliphatic carbocycles. The van der Waals surface area contributed by atoms with E-state index in [2.05, 4.69) is 10.5 Å². The van der Waals surface area contributed by atoms with Crippen LogP contribution in [0.15, 0.2) is 34.9 Å². The molecular weight excluding hydrogens is 435 g/mol. The van der Waals surface area contributed by atoms with E-state index in [1.807, 2.05) is 48.6 Å². The van der Waals surface area contributed by atoms with Crippen molar-refractivity contribution in [3.05, 3.63) is 56.3 Å². The van der Waals surface area contributed by atoms with Gasteiger partial charge < -0.3 is 14.9 Å². The molecule has 0 saturated heterocycles. The second-order valence-corrected chi connectivity index (χ2v) is 7.05. The van der Waals surface area contributed by atoms with Crippen molar-refractivity contribution in [1.82, 2.24) is 5.16 Å². The molecule has 0 bridgehead atoms. The Morgan fingerprint density at radius 2 is 2.00 bits per heavy atom. The van der Waals surface area contributed by atoms with Crippen molar-refractivity contribution in [2.45, 2.75) is 20.3 Å². The zero-order chi connectivity index (χ0) is 18.1. The molecule has 6 nitrogen and oxygen atoms in total. The van der Waals surface area contributed by atoms with E-state index in [0.717, 1.165) is 20.1 Å². The van der Waals surface area contributed by atoms with Crippen molar-refractivity contribution in [3.63, 3.8) is 0 Å². The highest BCUT2D eigenvalue weighted by Crippen LogP contribution is 2.25. The summed E-state index contributed by atoms with van der Waals surface area (Å²) in [6.07, 6.45) is 0.00193. The SMILES string of the molecule is Cc1cc(C)c2c(CC(=O)Nc3ccc(I)cc3C(=O)O)noc2c1. The number of rotatable bonds is 4. The van der Waals surface area contributed by atoms with Gasteiger partial charge in [-0.05, 0) is 71.8 Å². The number of aryl methyl sites for hydroxylation is 2. The van der Waals surface area contributed by atoms with E-state index in [0.29, 0.717) is 11.3 Å². The summed E-state index contributed by atoms with van der Waals surface area (Å²) >= 11 is 2.02. The zero-order valence-corrected chi connectivity index (χ0v) is 15.7. The van der Waals surface area contributed by atoms with Crippen LogP contribution in [0.2, 0.25) is 0 Å². The van der Waals surface area contributed by atoms with Gasteiger partial charge in [0, 0.05) is 8.96 Å². The Labute approximate surface area is 157 Å². The number of benzene rings is 2. The highest BCUT2D eigenvalue weighted by atomic mass is 127. The highest BCUT2D eigenvalue weighted by molar-refractivity contribution is 14.1. The van der Waals surface area contributed by atoms with Crippen LogP contribution in [0.25, 0.3) is 11.0 Å². The third-order valence-corrected chi connectivity index (χ3v) is 4.47. The number of fused-ring (bicyclic) bond motifs is 1. The van der Waals surface area contributed by atoms with E-state index in [9.17, 15) is 14.7 Å². The van der Waals surface area contributed by atoms with Gasteiger partial charge in [0.15, 0.2) is 5.58 Å². The Bertz CT molecular complexity index is 994. The molecule has 0 radical (unpaired) electrons. The summed E-state index contributed by atoms with van der Waals surface area (Å²) < 4.78 is 6.09. The van der Waals surface area contributed by atoms with Gasteiger partial charge in [-0.2, -0.15) is 0 Å². The Morgan fingerprint density at radius 1 is 1.24 bits per heavy atom. The normalized spacial score (nSPS) is 10.8. The summed E-state index contributed by atoms with van der Waals surface area (Å²) in [7, 11) is 0. The summed E-state index contributed by atoms with van der Waals surface area (Å²) in [5, 5.41) is 16.7. The summed E-state index contributed by atoms with van der Waals surface area (Å²) in [6, 6.07) is 8.71. The lowest BCUT2D eigenvalue weighted by atomic mass is 10.0. The van der Waals surface area contributed by atoms with E-state index in [-0.39, 0.29) is 23.6 Å². The lowest BCUT2D eigenvalue weighted by Gasteiger charge is -2.08. The van der Waals surface area contributed by atoms with Crippen LogP contribution in [0, 0.1) is 17.4 Å². The van der Waals surface area contributed by atoms with Gasteiger partial charge in [0.05, 0.1) is 17.7 Å². The number of halogens is 1. The molecule has 0 aliphatic rings. The fourth-order valence-corrected chi connectivity index (χ4v) is 3.28. The minimum Gasteiger partial charge on any atom is -0.478 e. The van der Waals surface area contributed by atoms with E-state index in [4.69, 9.17) is 4.52 Å². The van der Waals surface area contributed by atoms with E-state index in [1.165, 1.54) is 6.07 Å². The molecule has 1 amide bonds. The first-order valence-electron chi connectivity index (χ1n) is 7.53. The summed E-state index contributed by atoms with van der Waals surface area (Å²) in [5.74, 6) is -1.44. The largest absolute Gasteiger partial charge is 0.478 e. The quantitative estimate of drug-likeness (QED) is 0.588. The average molecular weight is 450 g/mol. The molecular formula is C18H15IN2O4. The maximum absolute atomic E-state index is 12.4. The van der Waals surface area contributed by atoms with Crippen molar-refractivity contribution in [2.24, 2.45) is 0 Å². The van der Waals surface area contributed by atoms with Crippen LogP contribution in [0.3, 0.4) is 0 Å². The number of anilines is 1. The van der Waals surface area contributed by atoms with Crippen molar-refractivity contribution in [1.29, 1.82) is 0 Å². The fraction of sp³-hybridized carbons (Fsp3) is 0.167. The first kappa shape index (κ1) is 17.4. The summed E-state index contributed by atoms with van der Waals surface area (Å²) in [4.78, 5) is 23.7. The molecule has 0 saturated carbocycles. The molecule has 0 aliphatic heterocycles. The number of aromatic nitrogens is 1. The lowest BCUT2D eigenvalue weighted by Crippen LogP contribution is -2.17. The van der Waals surface area contributed by atoms with Gasteiger partial charge in [0.2, 0.25) is 5.91 Å². The molecule has 3 rings (SSSR count). The number of carboxylic acid groups (broad SMARTS) is 1. The van der Waals surface area contributed by atoms with Gasteiger partial charge in [-0.3, -0.25) is 4.79 Å². The molecule has 0 unspecified atom stereocenters. The van der Waals surface area contributed by atoms with Crippen LogP contribution >= 0.6 is 22.6 Å². The van der Waals surface area contributed by atoms with E-state index in [1.54, 1.807) is 12.1 Å². The third-order valence-electron chi connectivity index (χ3n) is 3.80. The molecule has 128 valence electrons. The third kappa shape index (κ3) is 3.65. The predicted octanol–water partition coefficient (Wildman–Crippen LogP) is 3.93. The molecule has 2 aromatic carbocycles. The van der Waals surface area contributed by atoms with Gasteiger partial charge >= 0.3 is 5.97 Å². The second kappa shape index (κ2) is 6.83. The minimum absolute atomic E-state index is 0.00193. The van der Waals surface area contributed by atoms with Gasteiger partial charge in [0.25, 0.3) is 0 Å². The maximum atomic E-state index is 12.4. The van der Waals surface area contributed by atoms with Gasteiger partial charge in [-0.15, -0.1) is 0 Å². The van der Waals surface area contributed by atoms with Crippen LogP contribution in [-0.4, -0.2) is 22.1 Å². The standard InChI is InChI=1S/C18H15IN2O4/c1-9-5-10(2)17-14(21-25-15(17)6-9)8-16(22)20-13-4-3-11(19)7-12(13)18(23)24/h3-7H,8H2,1-2H3,(H,20,22)(H,23,24). The van der Waals surface area contributed by atoms with Crippen LogP contribution in [-0.2, 0) is 11.2 Å². The molecule has 0 atom stereocenters. The summed E-state index contributed by atoms with van der Waals surface area (Å²) in [6.45, 7) is 3.90. The van der Waals surface area contributed by atoms with Crippen molar-refractivity contribution in [2.75, 3.05) is 5.32 Å². The second-order valence-electron chi connectivity index (χ2n) is 5.80. The molecule has 1 heterocycles. The van der Waals surface area contributed by atoms with Crippen LogP contribution in [0.5, 0.6) is 0 Å². The first-order chi connectivity index (χ1) is 11.8. The Balaban J connectivity index is 1.86. The number of carboxylic acids is 1.